The number of carbonyl (C=O) groups is 2. The number of allylic oxidation sites excluding steroid dienone is 8. The Labute approximate surface area is 372 Å². The van der Waals surface area contributed by atoms with E-state index < -0.39 is 18.2 Å². The molecule has 0 aromatic rings. The zero-order valence-corrected chi connectivity index (χ0v) is 39.8. The van der Waals surface area contributed by atoms with E-state index >= 15 is 0 Å². The second kappa shape index (κ2) is 47.9. The van der Waals surface area contributed by atoms with Crippen LogP contribution in [0.15, 0.2) is 48.6 Å². The quantitative estimate of drug-likeness (QED) is 0.0322. The summed E-state index contributed by atoms with van der Waals surface area (Å²) in [5.74, 6) is -0.534. The first-order valence-corrected chi connectivity index (χ1v) is 25.9. The molecule has 0 saturated heterocycles. The van der Waals surface area contributed by atoms with Crippen molar-refractivity contribution in [2.45, 2.75) is 277 Å². The molecular formula is C54H99NO5. The summed E-state index contributed by atoms with van der Waals surface area (Å²) < 4.78 is 5.89. The number of amides is 1. The molecule has 0 bridgehead atoms. The molecule has 6 heteroatoms. The van der Waals surface area contributed by atoms with Crippen LogP contribution in [-0.4, -0.2) is 46.9 Å². The number of ether oxygens (including phenoxy) is 1. The maximum Gasteiger partial charge on any atom is 0.306 e. The monoisotopic (exact) mass is 842 g/mol. The topological polar surface area (TPSA) is 95.9 Å². The minimum atomic E-state index is -0.803. The van der Waals surface area contributed by atoms with Crippen LogP contribution in [-0.2, 0) is 14.3 Å². The molecule has 6 nitrogen and oxygen atoms in total. The third-order valence-corrected chi connectivity index (χ3v) is 11.8. The third-order valence-electron chi connectivity index (χ3n) is 11.8. The van der Waals surface area contributed by atoms with E-state index in [2.05, 4.69) is 38.2 Å². The highest BCUT2D eigenvalue weighted by molar-refractivity contribution is 5.77. The van der Waals surface area contributed by atoms with E-state index in [9.17, 15) is 19.8 Å². The minimum Gasteiger partial charge on any atom is -0.462 e. The van der Waals surface area contributed by atoms with Crippen molar-refractivity contribution < 1.29 is 24.5 Å². The molecule has 3 unspecified atom stereocenters. The number of hydrogen-bond acceptors (Lipinski definition) is 5. The van der Waals surface area contributed by atoms with Crippen LogP contribution in [0.5, 0.6) is 0 Å². The van der Waals surface area contributed by atoms with E-state index in [0.29, 0.717) is 19.3 Å². The van der Waals surface area contributed by atoms with E-state index in [0.717, 1.165) is 57.8 Å². The van der Waals surface area contributed by atoms with Gasteiger partial charge in [-0.3, -0.25) is 9.59 Å². The highest BCUT2D eigenvalue weighted by atomic mass is 16.5. The van der Waals surface area contributed by atoms with Gasteiger partial charge in [0.05, 0.1) is 25.2 Å². The predicted octanol–water partition coefficient (Wildman–Crippen LogP) is 15.5. The number of aliphatic hydroxyl groups excluding tert-OH is 2. The highest BCUT2D eigenvalue weighted by Gasteiger charge is 2.24. The molecule has 0 rings (SSSR count). The van der Waals surface area contributed by atoms with Crippen molar-refractivity contribution in [3.05, 3.63) is 48.6 Å². The fourth-order valence-corrected chi connectivity index (χ4v) is 7.86. The Bertz CT molecular complexity index is 1040. The van der Waals surface area contributed by atoms with Gasteiger partial charge in [-0.1, -0.05) is 256 Å². The predicted molar refractivity (Wildman–Crippen MR) is 259 cm³/mol. The number of unbranched alkanes of at least 4 members (excludes halogenated alkanes) is 29. The number of nitrogens with one attached hydrogen (secondary N) is 1. The van der Waals surface area contributed by atoms with Crippen LogP contribution in [0.2, 0.25) is 0 Å². The van der Waals surface area contributed by atoms with Crippen LogP contribution in [0, 0.1) is 0 Å². The van der Waals surface area contributed by atoms with Gasteiger partial charge in [0, 0.05) is 6.42 Å². The molecule has 0 saturated carbocycles. The van der Waals surface area contributed by atoms with Gasteiger partial charge in [0.25, 0.3) is 0 Å². The van der Waals surface area contributed by atoms with Crippen molar-refractivity contribution in [2.75, 3.05) is 6.61 Å². The van der Waals surface area contributed by atoms with E-state index in [4.69, 9.17) is 4.74 Å². The van der Waals surface area contributed by atoms with Crippen LogP contribution in [0.25, 0.3) is 0 Å². The average Bonchev–Trinajstić information content (AvgIpc) is 3.24. The van der Waals surface area contributed by atoms with Crippen LogP contribution >= 0.6 is 0 Å². The first-order valence-electron chi connectivity index (χ1n) is 25.9. The van der Waals surface area contributed by atoms with Crippen molar-refractivity contribution in [3.8, 4) is 0 Å². The molecule has 0 aromatic carbocycles. The van der Waals surface area contributed by atoms with Crippen LogP contribution in [0.4, 0.5) is 0 Å². The molecule has 3 N–H and O–H groups in total. The smallest absolute Gasteiger partial charge is 0.306 e. The molecular weight excluding hydrogens is 743 g/mol. The number of esters is 1. The van der Waals surface area contributed by atoms with Gasteiger partial charge in [-0.2, -0.15) is 0 Å². The molecule has 0 aliphatic carbocycles. The summed E-state index contributed by atoms with van der Waals surface area (Å²) in [5, 5.41) is 23.7. The van der Waals surface area contributed by atoms with Crippen molar-refractivity contribution in [1.29, 1.82) is 0 Å². The summed E-state index contributed by atoms with van der Waals surface area (Å²) >= 11 is 0. The third kappa shape index (κ3) is 42.5. The number of aliphatic hydroxyl groups is 2. The van der Waals surface area contributed by atoms with Gasteiger partial charge in [0.15, 0.2) is 0 Å². The first-order chi connectivity index (χ1) is 29.5. The second-order valence-electron chi connectivity index (χ2n) is 17.6. The molecule has 0 heterocycles. The Morgan fingerprint density at radius 3 is 1.33 bits per heavy atom. The lowest BCUT2D eigenvalue weighted by Gasteiger charge is -2.24. The molecule has 0 aliphatic rings. The number of rotatable bonds is 46. The van der Waals surface area contributed by atoms with Gasteiger partial charge in [-0.15, -0.1) is 0 Å². The summed E-state index contributed by atoms with van der Waals surface area (Å²) in [6, 6.07) is -0.720. The molecule has 0 fully saturated rings. The van der Waals surface area contributed by atoms with Crippen molar-refractivity contribution in [3.63, 3.8) is 0 Å². The zero-order chi connectivity index (χ0) is 43.8. The van der Waals surface area contributed by atoms with Gasteiger partial charge in [0.1, 0.15) is 6.10 Å². The number of carbonyl (C=O) groups excluding carboxylic acids is 2. The minimum absolute atomic E-state index is 0.0342. The lowest BCUT2D eigenvalue weighted by molar-refractivity contribution is -0.151. The van der Waals surface area contributed by atoms with Gasteiger partial charge >= 0.3 is 5.97 Å². The molecule has 0 radical (unpaired) electrons. The van der Waals surface area contributed by atoms with Crippen molar-refractivity contribution >= 4 is 11.9 Å². The van der Waals surface area contributed by atoms with Gasteiger partial charge < -0.3 is 20.3 Å². The lowest BCUT2D eigenvalue weighted by atomic mass is 10.0. The van der Waals surface area contributed by atoms with E-state index in [1.807, 2.05) is 36.5 Å². The Morgan fingerprint density at radius 1 is 0.500 bits per heavy atom. The molecule has 1 amide bonds. The molecule has 0 spiro atoms. The normalized spacial score (nSPS) is 13.6. The maximum atomic E-state index is 13.2. The molecule has 60 heavy (non-hydrogen) atoms. The first kappa shape index (κ1) is 57.8. The second-order valence-corrected chi connectivity index (χ2v) is 17.6. The van der Waals surface area contributed by atoms with Crippen molar-refractivity contribution in [1.82, 2.24) is 5.32 Å². The van der Waals surface area contributed by atoms with Crippen LogP contribution in [0.3, 0.4) is 0 Å². The fraction of sp³-hybridized carbons (Fsp3) is 0.815. The summed E-state index contributed by atoms with van der Waals surface area (Å²) in [5.41, 5.74) is 0. The molecule has 0 aromatic heterocycles. The van der Waals surface area contributed by atoms with Gasteiger partial charge in [-0.25, -0.2) is 0 Å². The van der Waals surface area contributed by atoms with Crippen LogP contribution in [0.1, 0.15) is 258 Å². The highest BCUT2D eigenvalue weighted by Crippen LogP contribution is 2.18. The summed E-state index contributed by atoms with van der Waals surface area (Å²) in [7, 11) is 0. The van der Waals surface area contributed by atoms with Gasteiger partial charge in [-0.05, 0) is 38.5 Å². The van der Waals surface area contributed by atoms with Crippen molar-refractivity contribution in [2.24, 2.45) is 0 Å². The van der Waals surface area contributed by atoms with E-state index in [1.165, 1.54) is 154 Å². The summed E-state index contributed by atoms with van der Waals surface area (Å²) in [4.78, 5) is 26.1. The zero-order valence-electron chi connectivity index (χ0n) is 39.8. The Hall–Kier alpha value is -2.18. The Morgan fingerprint density at radius 2 is 0.900 bits per heavy atom. The standard InChI is InChI=1S/C54H99NO5/c1-4-7-10-13-16-19-22-24-25-26-27-29-32-35-38-41-44-47-54(59)60-50(45-42-39-36-33-30-21-18-15-12-9-6-3)48-53(58)55-51(49-56)52(57)46-43-40-37-34-31-28-23-20-17-14-11-8-5-2/h9,12,15,18,21,30,33,36,50-52,56-57H,4-8,10-11,13-14,16-17,19-20,22-29,31-32,34-35,37-49H2,1-3H3,(H,55,58)/b12-9+,18-15+,30-21-,36-33-. The summed E-state index contributed by atoms with van der Waals surface area (Å²) in [6.45, 7) is 6.33. The number of hydrogen-bond donors (Lipinski definition) is 3. The van der Waals surface area contributed by atoms with E-state index in [1.54, 1.807) is 0 Å². The molecule has 350 valence electrons. The summed E-state index contributed by atoms with van der Waals surface area (Å²) in [6.07, 6.45) is 57.6. The SMILES string of the molecule is CC/C=C/C=C/C=C\C=C/CCCC(CC(=O)NC(CO)C(O)CCCCCCCCCCCCCCC)OC(=O)CCCCCCCCCCCCCCCCCCC. The fourth-order valence-electron chi connectivity index (χ4n) is 7.86. The lowest BCUT2D eigenvalue weighted by Crippen LogP contribution is -2.46. The van der Waals surface area contributed by atoms with E-state index in [-0.39, 0.29) is 24.9 Å². The molecule has 0 aliphatic heterocycles. The van der Waals surface area contributed by atoms with Crippen LogP contribution < -0.4 is 5.32 Å². The Kier molecular flexibility index (Phi) is 46.1. The average molecular weight is 842 g/mol. The maximum absolute atomic E-state index is 13.2. The Balaban J connectivity index is 4.54. The van der Waals surface area contributed by atoms with Gasteiger partial charge in [0.2, 0.25) is 5.91 Å². The largest absolute Gasteiger partial charge is 0.462 e. The molecule has 3 atom stereocenters.